The maximum atomic E-state index is 2.36. The van der Waals surface area contributed by atoms with Crippen molar-refractivity contribution in [2.45, 2.75) is 54.4 Å². The first-order chi connectivity index (χ1) is 18.3. The Morgan fingerprint density at radius 2 is 1.24 bits per heavy atom. The van der Waals surface area contributed by atoms with E-state index in [0.29, 0.717) is 0 Å². The molecule has 6 rings (SSSR count). The second-order valence-corrected chi connectivity index (χ2v) is 11.0. The third kappa shape index (κ3) is 4.05. The van der Waals surface area contributed by atoms with Crippen molar-refractivity contribution in [3.05, 3.63) is 119 Å². The average Bonchev–Trinajstić information content (AvgIpc) is 3.48. The second-order valence-electron chi connectivity index (χ2n) is 11.0. The summed E-state index contributed by atoms with van der Waals surface area (Å²) in [6.07, 6.45) is 6.73. The fraction of sp³-hybridized carbons (Fsp3) is 0.222. The molecule has 2 nitrogen and oxygen atoms in total. The Bertz CT molecular complexity index is 1800. The van der Waals surface area contributed by atoms with E-state index >= 15 is 0 Å². The number of aromatic nitrogens is 2. The van der Waals surface area contributed by atoms with Crippen LogP contribution in [0, 0.1) is 34.6 Å². The molecule has 0 aliphatic heterocycles. The zero-order chi connectivity index (χ0) is 26.6. The highest BCUT2D eigenvalue weighted by atomic mass is 15.0. The van der Waals surface area contributed by atoms with Gasteiger partial charge in [0.2, 0.25) is 0 Å². The zero-order valence-corrected chi connectivity index (χ0v) is 23.4. The van der Waals surface area contributed by atoms with Crippen molar-refractivity contribution in [2.75, 3.05) is 0 Å². The Labute approximate surface area is 226 Å². The zero-order valence-electron chi connectivity index (χ0n) is 23.4. The highest BCUT2D eigenvalue weighted by Crippen LogP contribution is 2.34. The van der Waals surface area contributed by atoms with E-state index in [1.807, 2.05) is 0 Å². The average molecular weight is 497 g/mol. The molecule has 0 radical (unpaired) electrons. The van der Waals surface area contributed by atoms with Crippen molar-refractivity contribution < 1.29 is 0 Å². The van der Waals surface area contributed by atoms with Crippen molar-refractivity contribution >= 4 is 21.8 Å². The molecule has 0 amide bonds. The molecule has 2 aromatic heterocycles. The van der Waals surface area contributed by atoms with Crippen LogP contribution in [-0.4, -0.2) is 9.13 Å². The summed E-state index contributed by atoms with van der Waals surface area (Å²) in [5.41, 5.74) is 15.5. The van der Waals surface area contributed by atoms with Crippen LogP contribution in [-0.2, 0) is 6.42 Å². The van der Waals surface area contributed by atoms with Gasteiger partial charge in [-0.25, -0.2) is 0 Å². The molecule has 0 saturated carbocycles. The summed E-state index contributed by atoms with van der Waals surface area (Å²) in [4.78, 5) is 0. The number of benzene rings is 4. The van der Waals surface area contributed by atoms with Gasteiger partial charge in [0, 0.05) is 28.9 Å². The molecule has 0 aliphatic carbocycles. The summed E-state index contributed by atoms with van der Waals surface area (Å²) in [5.74, 6) is 0. The number of nitrogens with zero attached hydrogens (tertiary/aromatic N) is 2. The molecule has 0 N–H and O–H groups in total. The fourth-order valence-corrected chi connectivity index (χ4v) is 6.28. The van der Waals surface area contributed by atoms with Crippen LogP contribution in [0.3, 0.4) is 0 Å². The fourth-order valence-electron chi connectivity index (χ4n) is 6.28. The molecular weight excluding hydrogens is 460 g/mol. The number of fused-ring (bicyclic) bond motifs is 2. The minimum absolute atomic E-state index is 1.13. The van der Waals surface area contributed by atoms with Gasteiger partial charge in [-0.2, -0.15) is 0 Å². The summed E-state index contributed by atoms with van der Waals surface area (Å²) in [5, 5.41) is 2.58. The van der Waals surface area contributed by atoms with Crippen LogP contribution in [0.5, 0.6) is 0 Å². The van der Waals surface area contributed by atoms with Gasteiger partial charge in [-0.05, 0) is 129 Å². The largest absolute Gasteiger partial charge is 0.316 e. The lowest BCUT2D eigenvalue weighted by Gasteiger charge is -2.16. The first kappa shape index (κ1) is 24.3. The molecule has 38 heavy (non-hydrogen) atoms. The van der Waals surface area contributed by atoms with Gasteiger partial charge in [-0.15, -0.1) is 0 Å². The van der Waals surface area contributed by atoms with E-state index in [-0.39, 0.29) is 0 Å². The van der Waals surface area contributed by atoms with Crippen LogP contribution >= 0.6 is 0 Å². The third-order valence-corrected chi connectivity index (χ3v) is 7.97. The Morgan fingerprint density at radius 1 is 0.579 bits per heavy atom. The first-order valence-corrected chi connectivity index (χ1v) is 13.8. The summed E-state index contributed by atoms with van der Waals surface area (Å²) < 4.78 is 4.68. The Hall–Kier alpha value is -4.04. The molecule has 0 saturated heterocycles. The van der Waals surface area contributed by atoms with Crippen LogP contribution < -0.4 is 0 Å². The number of rotatable bonds is 5. The summed E-state index contributed by atoms with van der Waals surface area (Å²) in [7, 11) is 0. The van der Waals surface area contributed by atoms with Crippen molar-refractivity contribution in [3.63, 3.8) is 0 Å². The molecule has 0 spiro atoms. The molecule has 0 fully saturated rings. The number of hydrogen-bond donors (Lipinski definition) is 0. The van der Waals surface area contributed by atoms with E-state index in [0.717, 1.165) is 6.42 Å². The van der Waals surface area contributed by atoms with Gasteiger partial charge in [0.25, 0.3) is 0 Å². The highest BCUT2D eigenvalue weighted by Gasteiger charge is 2.14. The summed E-state index contributed by atoms with van der Waals surface area (Å²) in [6.45, 7) is 13.3. The summed E-state index contributed by atoms with van der Waals surface area (Å²) in [6, 6.07) is 27.5. The second kappa shape index (κ2) is 9.36. The molecule has 0 unspecified atom stereocenters. The van der Waals surface area contributed by atoms with E-state index in [1.54, 1.807) is 0 Å². The predicted molar refractivity (Wildman–Crippen MR) is 163 cm³/mol. The maximum Gasteiger partial charge on any atom is 0.0529 e. The summed E-state index contributed by atoms with van der Waals surface area (Å²) >= 11 is 0. The van der Waals surface area contributed by atoms with Crippen molar-refractivity contribution in [1.29, 1.82) is 0 Å². The molecule has 2 heteroatoms. The van der Waals surface area contributed by atoms with E-state index in [1.165, 1.54) is 84.1 Å². The van der Waals surface area contributed by atoms with Crippen LogP contribution in [0.4, 0.5) is 0 Å². The van der Waals surface area contributed by atoms with Gasteiger partial charge in [-0.3, -0.25) is 0 Å². The predicted octanol–water partition coefficient (Wildman–Crippen LogP) is 9.74. The minimum Gasteiger partial charge on any atom is -0.316 e. The Kier molecular flexibility index (Phi) is 5.99. The molecule has 0 aliphatic rings. The SMILES string of the molecule is CCCc1ccc2c(ccn2-c2cc(C)c(-c3ccc4c(ccn4-c4c(C)cc(C)cc4C)c3)cc2C)c1. The number of aryl methyl sites for hydroxylation is 6. The van der Waals surface area contributed by atoms with Gasteiger partial charge in [0.15, 0.2) is 0 Å². The standard InChI is InChI=1S/C36H36N2/c1-7-8-28-9-11-33-30(21-28)13-15-37(33)35-20-24(3)32(19-25(35)4)29-10-12-34-31(22-29)14-16-38(34)36-26(5)17-23(2)18-27(36)6/h9-22H,7-8H2,1-6H3. The molecule has 2 heterocycles. The van der Waals surface area contributed by atoms with Gasteiger partial charge >= 0.3 is 0 Å². The lowest BCUT2D eigenvalue weighted by Crippen LogP contribution is -2.00. The van der Waals surface area contributed by atoms with Crippen LogP contribution in [0.15, 0.2) is 85.2 Å². The number of hydrogen-bond acceptors (Lipinski definition) is 0. The van der Waals surface area contributed by atoms with Gasteiger partial charge in [0.1, 0.15) is 0 Å². The van der Waals surface area contributed by atoms with Gasteiger partial charge in [-0.1, -0.05) is 43.2 Å². The third-order valence-electron chi connectivity index (χ3n) is 7.97. The van der Waals surface area contributed by atoms with Crippen LogP contribution in [0.1, 0.15) is 46.7 Å². The molecule has 6 aromatic rings. The lowest BCUT2D eigenvalue weighted by atomic mass is 9.96. The van der Waals surface area contributed by atoms with Crippen molar-refractivity contribution in [1.82, 2.24) is 9.13 Å². The van der Waals surface area contributed by atoms with E-state index in [4.69, 9.17) is 0 Å². The van der Waals surface area contributed by atoms with Gasteiger partial charge < -0.3 is 9.13 Å². The molecule has 0 bridgehead atoms. The maximum absolute atomic E-state index is 2.36. The monoisotopic (exact) mass is 496 g/mol. The molecule has 4 aromatic carbocycles. The normalized spacial score (nSPS) is 11.6. The lowest BCUT2D eigenvalue weighted by molar-refractivity contribution is 0.923. The van der Waals surface area contributed by atoms with E-state index in [9.17, 15) is 0 Å². The van der Waals surface area contributed by atoms with Crippen LogP contribution in [0.2, 0.25) is 0 Å². The van der Waals surface area contributed by atoms with E-state index < -0.39 is 0 Å². The van der Waals surface area contributed by atoms with Crippen LogP contribution in [0.25, 0.3) is 44.3 Å². The van der Waals surface area contributed by atoms with Gasteiger partial charge in [0.05, 0.1) is 16.7 Å². The van der Waals surface area contributed by atoms with Crippen molar-refractivity contribution in [2.24, 2.45) is 0 Å². The topological polar surface area (TPSA) is 9.86 Å². The molecule has 190 valence electrons. The molecule has 0 atom stereocenters. The Balaban J connectivity index is 1.40. The van der Waals surface area contributed by atoms with E-state index in [2.05, 4.69) is 136 Å². The van der Waals surface area contributed by atoms with Crippen molar-refractivity contribution in [3.8, 4) is 22.5 Å². The Morgan fingerprint density at radius 3 is 1.97 bits per heavy atom. The quantitative estimate of drug-likeness (QED) is 0.225. The molecular formula is C36H36N2. The minimum atomic E-state index is 1.13. The first-order valence-electron chi connectivity index (χ1n) is 13.8. The smallest absolute Gasteiger partial charge is 0.0529 e. The highest BCUT2D eigenvalue weighted by molar-refractivity contribution is 5.89.